The van der Waals surface area contributed by atoms with Gasteiger partial charge in [-0.15, -0.1) is 10.2 Å². The maximum absolute atomic E-state index is 12.4. The highest BCUT2D eigenvalue weighted by molar-refractivity contribution is 7.99. The third kappa shape index (κ3) is 5.17. The van der Waals surface area contributed by atoms with Crippen molar-refractivity contribution >= 4 is 29.0 Å². The van der Waals surface area contributed by atoms with Gasteiger partial charge in [-0.05, 0) is 74.5 Å². The Labute approximate surface area is 190 Å². The molecule has 0 fully saturated rings. The fourth-order valence-electron chi connectivity index (χ4n) is 3.03. The number of nitrogens with one attached hydrogen (secondary N) is 1. The van der Waals surface area contributed by atoms with Gasteiger partial charge >= 0.3 is 0 Å². The van der Waals surface area contributed by atoms with Crippen LogP contribution in [0.4, 0.5) is 5.69 Å². The normalized spacial score (nSPS) is 10.8. The van der Waals surface area contributed by atoms with Gasteiger partial charge in [-0.25, -0.2) is 0 Å². The maximum atomic E-state index is 12.4. The Morgan fingerprint density at radius 2 is 1.56 bits per heavy atom. The second-order valence-electron chi connectivity index (χ2n) is 6.72. The average molecular weight is 450 g/mol. The molecule has 1 amide bonds. The minimum atomic E-state index is -0.140. The molecular formula is C23H23N5O3S. The fourth-order valence-corrected chi connectivity index (χ4v) is 3.72. The Morgan fingerprint density at radius 3 is 2.22 bits per heavy atom. The van der Waals surface area contributed by atoms with Gasteiger partial charge in [0, 0.05) is 11.3 Å². The Morgan fingerprint density at radius 1 is 0.906 bits per heavy atom. The second-order valence-corrected chi connectivity index (χ2v) is 7.67. The van der Waals surface area contributed by atoms with Crippen molar-refractivity contribution in [2.45, 2.75) is 19.0 Å². The topological polar surface area (TPSA) is 90.6 Å². The van der Waals surface area contributed by atoms with Gasteiger partial charge < -0.3 is 14.8 Å². The van der Waals surface area contributed by atoms with E-state index in [0.29, 0.717) is 29.7 Å². The number of hydrogen-bond acceptors (Lipinski definition) is 7. The average Bonchev–Trinajstić information content (AvgIpc) is 3.22. The Balaban J connectivity index is 1.42. The first kappa shape index (κ1) is 21.6. The highest BCUT2D eigenvalue weighted by Crippen LogP contribution is 2.23. The summed E-state index contributed by atoms with van der Waals surface area (Å²) in [5.41, 5.74) is 3.06. The Kier molecular flexibility index (Phi) is 6.86. The van der Waals surface area contributed by atoms with Crippen LogP contribution in [0.2, 0.25) is 0 Å². The minimum absolute atomic E-state index is 0.140. The molecule has 0 aliphatic heterocycles. The van der Waals surface area contributed by atoms with E-state index in [1.54, 1.807) is 4.52 Å². The molecule has 2 heterocycles. The SMILES string of the molecule is CCOc1ccc(NC(=O)CSc2nnc3ccc(-c4ccc(OCC)cc4)nn23)cc1. The van der Waals surface area contributed by atoms with Crippen molar-refractivity contribution in [3.8, 4) is 22.8 Å². The number of hydrogen-bond donors (Lipinski definition) is 1. The number of ether oxygens (including phenoxy) is 2. The molecule has 0 aliphatic rings. The van der Waals surface area contributed by atoms with Gasteiger partial charge in [0.1, 0.15) is 11.5 Å². The summed E-state index contributed by atoms with van der Waals surface area (Å²) in [4.78, 5) is 12.4. The molecule has 4 rings (SSSR count). The maximum Gasteiger partial charge on any atom is 0.234 e. The number of fused-ring (bicyclic) bond motifs is 1. The van der Waals surface area contributed by atoms with Crippen LogP contribution in [-0.2, 0) is 4.79 Å². The molecule has 0 saturated heterocycles. The molecule has 0 atom stereocenters. The van der Waals surface area contributed by atoms with Gasteiger partial charge in [-0.1, -0.05) is 11.8 Å². The van der Waals surface area contributed by atoms with Gasteiger partial charge in [0.25, 0.3) is 0 Å². The molecule has 0 radical (unpaired) electrons. The molecule has 164 valence electrons. The standard InChI is InChI=1S/C23H23N5O3S/c1-3-30-18-9-5-16(6-10-18)20-13-14-21-25-26-23(28(21)27-20)32-15-22(29)24-17-7-11-19(12-8-17)31-4-2/h5-14H,3-4,15H2,1-2H3,(H,24,29). The van der Waals surface area contributed by atoms with E-state index >= 15 is 0 Å². The molecular weight excluding hydrogens is 426 g/mol. The number of nitrogens with zero attached hydrogens (tertiary/aromatic N) is 4. The van der Waals surface area contributed by atoms with Crippen LogP contribution < -0.4 is 14.8 Å². The van der Waals surface area contributed by atoms with Crippen molar-refractivity contribution in [3.63, 3.8) is 0 Å². The van der Waals surface area contributed by atoms with Crippen LogP contribution in [0.5, 0.6) is 11.5 Å². The van der Waals surface area contributed by atoms with Crippen molar-refractivity contribution < 1.29 is 14.3 Å². The van der Waals surface area contributed by atoms with E-state index in [0.717, 1.165) is 22.8 Å². The zero-order chi connectivity index (χ0) is 22.3. The lowest BCUT2D eigenvalue weighted by Gasteiger charge is -2.07. The third-order valence-corrected chi connectivity index (χ3v) is 5.40. The van der Waals surface area contributed by atoms with E-state index in [1.807, 2.05) is 74.5 Å². The number of rotatable bonds is 9. The molecule has 32 heavy (non-hydrogen) atoms. The quantitative estimate of drug-likeness (QED) is 0.381. The van der Waals surface area contributed by atoms with Crippen LogP contribution in [-0.4, -0.2) is 44.7 Å². The minimum Gasteiger partial charge on any atom is -0.494 e. The van der Waals surface area contributed by atoms with Crippen molar-refractivity contribution in [1.82, 2.24) is 19.8 Å². The first-order valence-corrected chi connectivity index (χ1v) is 11.3. The zero-order valence-corrected chi connectivity index (χ0v) is 18.6. The zero-order valence-electron chi connectivity index (χ0n) is 17.8. The molecule has 4 aromatic rings. The molecule has 1 N–H and O–H groups in total. The highest BCUT2D eigenvalue weighted by Gasteiger charge is 2.12. The summed E-state index contributed by atoms with van der Waals surface area (Å²) in [6, 6.07) is 18.8. The van der Waals surface area contributed by atoms with Crippen molar-refractivity contribution in [3.05, 3.63) is 60.7 Å². The largest absolute Gasteiger partial charge is 0.494 e. The van der Waals surface area contributed by atoms with Crippen molar-refractivity contribution in [2.75, 3.05) is 24.3 Å². The number of amides is 1. The number of benzene rings is 2. The number of anilines is 1. The lowest BCUT2D eigenvalue weighted by atomic mass is 10.1. The summed E-state index contributed by atoms with van der Waals surface area (Å²) in [5.74, 6) is 1.63. The molecule has 2 aromatic carbocycles. The molecule has 0 aliphatic carbocycles. The van der Waals surface area contributed by atoms with Gasteiger partial charge in [0.2, 0.25) is 11.1 Å². The lowest BCUT2D eigenvalue weighted by Crippen LogP contribution is -2.14. The predicted molar refractivity (Wildman–Crippen MR) is 124 cm³/mol. The summed E-state index contributed by atoms with van der Waals surface area (Å²) in [6.07, 6.45) is 0. The second kappa shape index (κ2) is 10.1. The number of thioether (sulfide) groups is 1. The Hall–Kier alpha value is -3.59. The molecule has 0 unspecified atom stereocenters. The first-order valence-electron chi connectivity index (χ1n) is 10.3. The summed E-state index contributed by atoms with van der Waals surface area (Å²) in [7, 11) is 0. The van der Waals surface area contributed by atoms with E-state index in [9.17, 15) is 4.79 Å². The molecule has 0 spiro atoms. The van der Waals surface area contributed by atoms with E-state index < -0.39 is 0 Å². The van der Waals surface area contributed by atoms with Crippen molar-refractivity contribution in [2.24, 2.45) is 0 Å². The van der Waals surface area contributed by atoms with Gasteiger partial charge in [-0.3, -0.25) is 4.79 Å². The number of aromatic nitrogens is 4. The highest BCUT2D eigenvalue weighted by atomic mass is 32.2. The monoisotopic (exact) mass is 449 g/mol. The Bertz CT molecular complexity index is 1190. The smallest absolute Gasteiger partial charge is 0.234 e. The van der Waals surface area contributed by atoms with Crippen LogP contribution in [0.15, 0.2) is 65.8 Å². The van der Waals surface area contributed by atoms with E-state index in [1.165, 1.54) is 11.8 Å². The van der Waals surface area contributed by atoms with E-state index in [2.05, 4.69) is 20.6 Å². The van der Waals surface area contributed by atoms with Crippen LogP contribution in [0.1, 0.15) is 13.8 Å². The first-order chi connectivity index (χ1) is 15.7. The molecule has 0 saturated carbocycles. The molecule has 9 heteroatoms. The van der Waals surface area contributed by atoms with E-state index in [4.69, 9.17) is 9.47 Å². The predicted octanol–water partition coefficient (Wildman–Crippen LogP) is 4.32. The summed E-state index contributed by atoms with van der Waals surface area (Å²) in [5, 5.41) is 16.4. The van der Waals surface area contributed by atoms with Crippen LogP contribution in [0.3, 0.4) is 0 Å². The van der Waals surface area contributed by atoms with Crippen LogP contribution in [0, 0.1) is 0 Å². The van der Waals surface area contributed by atoms with Crippen molar-refractivity contribution in [1.29, 1.82) is 0 Å². The summed E-state index contributed by atoms with van der Waals surface area (Å²) >= 11 is 1.28. The number of carbonyl (C=O) groups excluding carboxylic acids is 1. The summed E-state index contributed by atoms with van der Waals surface area (Å²) < 4.78 is 12.6. The lowest BCUT2D eigenvalue weighted by molar-refractivity contribution is -0.113. The van der Waals surface area contributed by atoms with Gasteiger partial charge in [0.15, 0.2) is 5.65 Å². The fraction of sp³-hybridized carbons (Fsp3) is 0.217. The van der Waals surface area contributed by atoms with Gasteiger partial charge in [-0.2, -0.15) is 9.61 Å². The number of carbonyl (C=O) groups is 1. The molecule has 0 bridgehead atoms. The summed E-state index contributed by atoms with van der Waals surface area (Å²) in [6.45, 7) is 5.10. The van der Waals surface area contributed by atoms with Gasteiger partial charge in [0.05, 0.1) is 24.7 Å². The third-order valence-electron chi connectivity index (χ3n) is 4.48. The van der Waals surface area contributed by atoms with E-state index in [-0.39, 0.29) is 11.7 Å². The van der Waals surface area contributed by atoms with Crippen LogP contribution in [0.25, 0.3) is 16.9 Å². The molecule has 8 nitrogen and oxygen atoms in total. The molecule has 2 aromatic heterocycles. The van der Waals surface area contributed by atoms with Crippen LogP contribution >= 0.6 is 11.8 Å².